The van der Waals surface area contributed by atoms with Gasteiger partial charge in [-0.1, -0.05) is 0 Å². The zero-order chi connectivity index (χ0) is 11.4. The maximum Gasteiger partial charge on any atom is 0.333 e. The molecule has 1 aromatic heterocycles. The molecule has 0 bridgehead atoms. The molecule has 0 radical (unpaired) electrons. The summed E-state index contributed by atoms with van der Waals surface area (Å²) in [5.74, 6) is 0.268. The minimum atomic E-state index is -2.96. The summed E-state index contributed by atoms with van der Waals surface area (Å²) >= 11 is 3.17. The summed E-state index contributed by atoms with van der Waals surface area (Å²) in [6, 6.07) is 2.61. The van der Waals surface area contributed by atoms with E-state index < -0.39 is 16.9 Å². The molecule has 2 N–H and O–H groups in total. The van der Waals surface area contributed by atoms with Crippen molar-refractivity contribution in [3.8, 4) is 0 Å². The molecular formula is C7H8BrN3O3S. The number of aryl methyl sites for hydroxylation is 1. The Morgan fingerprint density at radius 3 is 2.73 bits per heavy atom. The predicted molar refractivity (Wildman–Crippen MR) is 59.1 cm³/mol. The van der Waals surface area contributed by atoms with Crippen LogP contribution in [0.1, 0.15) is 5.69 Å². The van der Waals surface area contributed by atoms with Crippen molar-refractivity contribution in [1.82, 2.24) is 9.71 Å². The number of carbonyl (C=O) groups is 1. The van der Waals surface area contributed by atoms with Gasteiger partial charge in [0.25, 0.3) is 0 Å². The Labute approximate surface area is 96.3 Å². The summed E-state index contributed by atoms with van der Waals surface area (Å²) in [7, 11) is -2.96. The van der Waals surface area contributed by atoms with Gasteiger partial charge in [-0.05, 0) is 35.0 Å². The number of nitrogens with one attached hydrogen (secondary N) is 2. The molecule has 2 amide bonds. The molecule has 1 heterocycles. The highest BCUT2D eigenvalue weighted by Crippen LogP contribution is 2.19. The van der Waals surface area contributed by atoms with Gasteiger partial charge in [-0.3, -0.25) is 5.32 Å². The second-order valence-electron chi connectivity index (χ2n) is 2.61. The van der Waals surface area contributed by atoms with E-state index in [1.807, 2.05) is 0 Å². The number of anilines is 1. The van der Waals surface area contributed by atoms with Crippen molar-refractivity contribution in [2.24, 2.45) is 0 Å². The van der Waals surface area contributed by atoms with Crippen molar-refractivity contribution in [2.75, 3.05) is 5.32 Å². The average molecular weight is 294 g/mol. The van der Waals surface area contributed by atoms with E-state index in [4.69, 9.17) is 0 Å². The lowest BCUT2D eigenvalue weighted by Gasteiger charge is -2.05. The second-order valence-corrected chi connectivity index (χ2v) is 4.20. The van der Waals surface area contributed by atoms with Crippen molar-refractivity contribution in [3.05, 3.63) is 22.3 Å². The standard InChI is InChI=1S/C7H8BrN3O3S/c1-4-2-3-5(8)6(9-4)10-7(12)11-15(13)14/h2-3,15H,1H3,(H2,9,10,11,12,13,14). The highest BCUT2D eigenvalue weighted by atomic mass is 79.9. The van der Waals surface area contributed by atoms with Crippen LogP contribution in [0, 0.1) is 6.92 Å². The third-order valence-electron chi connectivity index (χ3n) is 1.41. The summed E-state index contributed by atoms with van der Waals surface area (Å²) in [6.07, 6.45) is 0. The Bertz CT molecular complexity index is 453. The number of carbonyl (C=O) groups excluding carboxylic acids is 1. The number of thiol groups is 1. The molecule has 0 saturated heterocycles. The van der Waals surface area contributed by atoms with E-state index in [9.17, 15) is 13.2 Å². The van der Waals surface area contributed by atoms with Crippen molar-refractivity contribution in [1.29, 1.82) is 0 Å². The Hall–Kier alpha value is -1.15. The Balaban J connectivity index is 2.80. The monoisotopic (exact) mass is 293 g/mol. The van der Waals surface area contributed by atoms with Crippen molar-refractivity contribution >= 4 is 38.7 Å². The predicted octanol–water partition coefficient (Wildman–Crippen LogP) is 0.800. The minimum Gasteiger partial charge on any atom is -0.291 e. The molecule has 0 aromatic carbocycles. The van der Waals surface area contributed by atoms with Crippen molar-refractivity contribution < 1.29 is 13.2 Å². The minimum absolute atomic E-state index is 0.268. The number of rotatable bonds is 2. The van der Waals surface area contributed by atoms with Crippen LogP contribution in [0.3, 0.4) is 0 Å². The molecule has 15 heavy (non-hydrogen) atoms. The van der Waals surface area contributed by atoms with E-state index >= 15 is 0 Å². The van der Waals surface area contributed by atoms with Crippen molar-refractivity contribution in [2.45, 2.75) is 6.92 Å². The maximum atomic E-state index is 11.0. The van der Waals surface area contributed by atoms with Gasteiger partial charge < -0.3 is 0 Å². The normalized spacial score (nSPS) is 10.1. The Morgan fingerprint density at radius 1 is 1.47 bits per heavy atom. The SMILES string of the molecule is Cc1ccc(Br)c(NC(=O)N[SH](=O)=O)n1. The largest absolute Gasteiger partial charge is 0.333 e. The average Bonchev–Trinajstić information content (AvgIpc) is 2.10. The number of nitrogens with zero attached hydrogens (tertiary/aromatic N) is 1. The third kappa shape index (κ3) is 3.84. The molecule has 0 fully saturated rings. The van der Waals surface area contributed by atoms with Crippen LogP contribution in [-0.4, -0.2) is 19.4 Å². The molecule has 0 unspecified atom stereocenters. The second kappa shape index (κ2) is 5.08. The summed E-state index contributed by atoms with van der Waals surface area (Å²) in [6.45, 7) is 1.75. The van der Waals surface area contributed by atoms with Crippen molar-refractivity contribution in [3.63, 3.8) is 0 Å². The fourth-order valence-electron chi connectivity index (χ4n) is 0.846. The van der Waals surface area contributed by atoms with Crippen LogP contribution >= 0.6 is 15.9 Å². The summed E-state index contributed by atoms with van der Waals surface area (Å²) in [4.78, 5) is 15.0. The first-order chi connectivity index (χ1) is 6.99. The lowest BCUT2D eigenvalue weighted by atomic mass is 10.4. The van der Waals surface area contributed by atoms with Crippen LogP contribution < -0.4 is 10.0 Å². The first-order valence-corrected chi connectivity index (χ1v) is 5.81. The molecular weight excluding hydrogens is 286 g/mol. The molecule has 1 rings (SSSR count). The lowest BCUT2D eigenvalue weighted by Crippen LogP contribution is -2.27. The van der Waals surface area contributed by atoms with E-state index in [0.29, 0.717) is 10.2 Å². The fraction of sp³-hybridized carbons (Fsp3) is 0.143. The van der Waals surface area contributed by atoms with Crippen LogP contribution in [0.15, 0.2) is 16.6 Å². The maximum absolute atomic E-state index is 11.0. The summed E-state index contributed by atoms with van der Waals surface area (Å²) < 4.78 is 22.6. The molecule has 8 heteroatoms. The van der Waals surface area contributed by atoms with Crippen LogP contribution in [-0.2, 0) is 10.9 Å². The number of amides is 2. The molecule has 1 aromatic rings. The lowest BCUT2D eigenvalue weighted by molar-refractivity contribution is 0.256. The molecule has 0 aliphatic heterocycles. The first kappa shape index (κ1) is 11.9. The van der Waals surface area contributed by atoms with E-state index in [2.05, 4.69) is 26.2 Å². The van der Waals surface area contributed by atoms with Crippen LogP contribution in [0.5, 0.6) is 0 Å². The molecule has 0 spiro atoms. The van der Waals surface area contributed by atoms with Gasteiger partial charge in [0.05, 0.1) is 4.47 Å². The van der Waals surface area contributed by atoms with Gasteiger partial charge in [-0.2, -0.15) is 0 Å². The highest BCUT2D eigenvalue weighted by Gasteiger charge is 2.06. The number of urea groups is 1. The number of aromatic nitrogens is 1. The van der Waals surface area contributed by atoms with Crippen LogP contribution in [0.25, 0.3) is 0 Å². The van der Waals surface area contributed by atoms with Gasteiger partial charge in [0.2, 0.25) is 10.9 Å². The Morgan fingerprint density at radius 2 is 2.13 bits per heavy atom. The number of pyridine rings is 1. The van der Waals surface area contributed by atoms with Crippen LogP contribution in [0.2, 0.25) is 0 Å². The molecule has 0 saturated carbocycles. The molecule has 0 aliphatic carbocycles. The van der Waals surface area contributed by atoms with Crippen LogP contribution in [0.4, 0.5) is 10.6 Å². The smallest absolute Gasteiger partial charge is 0.291 e. The number of hydrogen-bond acceptors (Lipinski definition) is 4. The van der Waals surface area contributed by atoms with Gasteiger partial charge >= 0.3 is 6.03 Å². The van der Waals surface area contributed by atoms with Gasteiger partial charge in [0, 0.05) is 5.69 Å². The zero-order valence-electron chi connectivity index (χ0n) is 7.65. The highest BCUT2D eigenvalue weighted by molar-refractivity contribution is 9.10. The van der Waals surface area contributed by atoms with Gasteiger partial charge in [-0.25, -0.2) is 22.9 Å². The zero-order valence-corrected chi connectivity index (χ0v) is 10.1. The van der Waals surface area contributed by atoms with E-state index in [1.54, 1.807) is 23.8 Å². The first-order valence-electron chi connectivity index (χ1n) is 3.84. The quantitative estimate of drug-likeness (QED) is 0.704. The third-order valence-corrected chi connectivity index (χ3v) is 2.44. The molecule has 0 aliphatic rings. The number of hydrogen-bond donors (Lipinski definition) is 3. The van der Waals surface area contributed by atoms with E-state index in [-0.39, 0.29) is 5.82 Å². The fourth-order valence-corrected chi connectivity index (χ4v) is 1.39. The number of halogens is 1. The molecule has 6 nitrogen and oxygen atoms in total. The van der Waals surface area contributed by atoms with E-state index in [1.165, 1.54) is 0 Å². The van der Waals surface area contributed by atoms with Gasteiger partial charge in [0.1, 0.15) is 5.82 Å². The Kier molecular flexibility index (Phi) is 4.04. The van der Waals surface area contributed by atoms with Gasteiger partial charge in [0.15, 0.2) is 0 Å². The summed E-state index contributed by atoms with van der Waals surface area (Å²) in [5.41, 5.74) is 0.708. The molecule has 0 atom stereocenters. The topological polar surface area (TPSA) is 88.2 Å². The summed E-state index contributed by atoms with van der Waals surface area (Å²) in [5, 5.41) is 2.29. The molecule has 82 valence electrons. The van der Waals surface area contributed by atoms with E-state index in [0.717, 1.165) is 0 Å². The van der Waals surface area contributed by atoms with Gasteiger partial charge in [-0.15, -0.1) is 0 Å².